The summed E-state index contributed by atoms with van der Waals surface area (Å²) in [5.74, 6) is 1.79. The van der Waals surface area contributed by atoms with Gasteiger partial charge in [-0.3, -0.25) is 0 Å². The molecular weight excluding hydrogens is 242 g/mol. The average Bonchev–Trinajstić information content (AvgIpc) is 3.05. The molecule has 0 spiro atoms. The maximum atomic E-state index is 5.89. The smallest absolute Gasteiger partial charge is 0.258 e. The highest BCUT2D eigenvalue weighted by Crippen LogP contribution is 2.26. The van der Waals surface area contributed by atoms with E-state index in [2.05, 4.69) is 10.1 Å². The fraction of sp³-hybridized carbons (Fsp3) is 0.429. The van der Waals surface area contributed by atoms with Crippen LogP contribution in [0.4, 0.5) is 5.69 Å². The Morgan fingerprint density at radius 2 is 2.32 bits per heavy atom. The van der Waals surface area contributed by atoms with Gasteiger partial charge in [-0.25, -0.2) is 0 Å². The molecule has 19 heavy (non-hydrogen) atoms. The third-order valence-corrected chi connectivity index (χ3v) is 3.57. The average molecular weight is 259 g/mol. The zero-order chi connectivity index (χ0) is 13.2. The van der Waals surface area contributed by atoms with Crippen LogP contribution in [0.25, 0.3) is 11.5 Å². The van der Waals surface area contributed by atoms with Gasteiger partial charge in [0.1, 0.15) is 0 Å². The Morgan fingerprint density at radius 3 is 3.11 bits per heavy atom. The molecule has 0 bridgehead atoms. The maximum Gasteiger partial charge on any atom is 0.258 e. The predicted molar refractivity (Wildman–Crippen MR) is 71.5 cm³/mol. The van der Waals surface area contributed by atoms with Crippen molar-refractivity contribution in [3.05, 3.63) is 29.6 Å². The number of benzene rings is 1. The van der Waals surface area contributed by atoms with Gasteiger partial charge in [0.15, 0.2) is 5.82 Å². The lowest BCUT2D eigenvalue weighted by molar-refractivity contribution is 0.185. The van der Waals surface area contributed by atoms with E-state index >= 15 is 0 Å². The van der Waals surface area contributed by atoms with Crippen LogP contribution < -0.4 is 5.73 Å². The molecular formula is C14H17N3O2. The number of rotatable bonds is 3. The van der Waals surface area contributed by atoms with E-state index in [1.807, 2.05) is 25.1 Å². The summed E-state index contributed by atoms with van der Waals surface area (Å²) in [7, 11) is 0. The molecule has 1 fully saturated rings. The van der Waals surface area contributed by atoms with Gasteiger partial charge in [0, 0.05) is 30.9 Å². The Labute approximate surface area is 111 Å². The fourth-order valence-corrected chi connectivity index (χ4v) is 2.33. The van der Waals surface area contributed by atoms with Crippen LogP contribution in [0.15, 0.2) is 22.7 Å². The second-order valence-electron chi connectivity index (χ2n) is 4.97. The highest BCUT2D eigenvalue weighted by atomic mass is 16.5. The van der Waals surface area contributed by atoms with Crippen molar-refractivity contribution in [3.8, 4) is 11.5 Å². The second-order valence-corrected chi connectivity index (χ2v) is 4.97. The Bertz CT molecular complexity index is 574. The van der Waals surface area contributed by atoms with Crippen LogP contribution in [0, 0.1) is 12.8 Å². The minimum atomic E-state index is 0.507. The standard InChI is InChI=1S/C14H17N3O2/c1-9-11(3-2-4-12(9)15)14-16-13(17-19-14)7-10-5-6-18-8-10/h2-4,10H,5-8,15H2,1H3. The summed E-state index contributed by atoms with van der Waals surface area (Å²) in [5.41, 5.74) is 8.51. The molecule has 0 amide bonds. The molecule has 1 aliphatic heterocycles. The quantitative estimate of drug-likeness (QED) is 0.855. The predicted octanol–water partition coefficient (Wildman–Crippen LogP) is 2.21. The molecule has 5 nitrogen and oxygen atoms in total. The molecule has 0 radical (unpaired) electrons. The van der Waals surface area contributed by atoms with Gasteiger partial charge in [0.2, 0.25) is 0 Å². The van der Waals surface area contributed by atoms with Gasteiger partial charge in [0.25, 0.3) is 5.89 Å². The molecule has 0 aliphatic carbocycles. The molecule has 2 heterocycles. The largest absolute Gasteiger partial charge is 0.398 e. The minimum Gasteiger partial charge on any atom is -0.398 e. The molecule has 1 aliphatic rings. The van der Waals surface area contributed by atoms with Crippen molar-refractivity contribution >= 4 is 5.69 Å². The van der Waals surface area contributed by atoms with Gasteiger partial charge >= 0.3 is 0 Å². The molecule has 1 aromatic carbocycles. The Hall–Kier alpha value is -1.88. The van der Waals surface area contributed by atoms with Crippen molar-refractivity contribution in [2.45, 2.75) is 19.8 Å². The molecule has 1 atom stereocenters. The number of nitrogens with two attached hydrogens (primary N) is 1. The van der Waals surface area contributed by atoms with E-state index in [4.69, 9.17) is 15.0 Å². The molecule has 100 valence electrons. The number of anilines is 1. The van der Waals surface area contributed by atoms with Crippen LogP contribution in [0.2, 0.25) is 0 Å². The Kier molecular flexibility index (Phi) is 3.21. The monoisotopic (exact) mass is 259 g/mol. The highest BCUT2D eigenvalue weighted by Gasteiger charge is 2.20. The molecule has 2 aromatic rings. The van der Waals surface area contributed by atoms with Crippen molar-refractivity contribution in [1.82, 2.24) is 10.1 Å². The Balaban J connectivity index is 1.82. The van der Waals surface area contributed by atoms with Gasteiger partial charge in [0.05, 0.1) is 0 Å². The summed E-state index contributed by atoms with van der Waals surface area (Å²) in [4.78, 5) is 4.46. The topological polar surface area (TPSA) is 74.2 Å². The van der Waals surface area contributed by atoms with Gasteiger partial charge in [-0.2, -0.15) is 4.98 Å². The van der Waals surface area contributed by atoms with Crippen LogP contribution >= 0.6 is 0 Å². The number of ether oxygens (including phenoxy) is 1. The molecule has 0 saturated carbocycles. The van der Waals surface area contributed by atoms with E-state index in [0.29, 0.717) is 11.8 Å². The lowest BCUT2D eigenvalue weighted by atomic mass is 10.0. The van der Waals surface area contributed by atoms with Crippen LogP contribution in [0.3, 0.4) is 0 Å². The van der Waals surface area contributed by atoms with Crippen LogP contribution in [-0.2, 0) is 11.2 Å². The minimum absolute atomic E-state index is 0.507. The summed E-state index contributed by atoms with van der Waals surface area (Å²) in [6.07, 6.45) is 1.88. The molecule has 1 saturated heterocycles. The van der Waals surface area contributed by atoms with Crippen molar-refractivity contribution in [2.24, 2.45) is 5.92 Å². The molecule has 5 heteroatoms. The van der Waals surface area contributed by atoms with Gasteiger partial charge in [-0.15, -0.1) is 0 Å². The van der Waals surface area contributed by atoms with E-state index in [-0.39, 0.29) is 0 Å². The van der Waals surface area contributed by atoms with Crippen LogP contribution in [0.1, 0.15) is 17.8 Å². The first-order valence-corrected chi connectivity index (χ1v) is 6.50. The van der Waals surface area contributed by atoms with Gasteiger partial charge < -0.3 is 15.0 Å². The third-order valence-electron chi connectivity index (χ3n) is 3.57. The highest BCUT2D eigenvalue weighted by molar-refractivity contribution is 5.66. The molecule has 1 unspecified atom stereocenters. The normalized spacial score (nSPS) is 18.9. The summed E-state index contributed by atoms with van der Waals surface area (Å²) in [5, 5.41) is 4.04. The van der Waals surface area contributed by atoms with Crippen LogP contribution in [-0.4, -0.2) is 23.4 Å². The third kappa shape index (κ3) is 2.46. The van der Waals surface area contributed by atoms with Crippen molar-refractivity contribution in [2.75, 3.05) is 18.9 Å². The number of hydrogen-bond donors (Lipinski definition) is 1. The van der Waals surface area contributed by atoms with Crippen molar-refractivity contribution in [1.29, 1.82) is 0 Å². The first-order valence-electron chi connectivity index (χ1n) is 6.50. The summed E-state index contributed by atoms with van der Waals surface area (Å²) >= 11 is 0. The van der Waals surface area contributed by atoms with Gasteiger partial charge in [-0.1, -0.05) is 11.2 Å². The summed E-state index contributed by atoms with van der Waals surface area (Å²) < 4.78 is 10.7. The first-order chi connectivity index (χ1) is 9.24. The number of nitrogens with zero attached hydrogens (tertiary/aromatic N) is 2. The Morgan fingerprint density at radius 1 is 1.42 bits per heavy atom. The van der Waals surface area contributed by atoms with Gasteiger partial charge in [-0.05, 0) is 37.0 Å². The lowest BCUT2D eigenvalue weighted by Gasteiger charge is -2.03. The van der Waals surface area contributed by atoms with E-state index in [0.717, 1.165) is 48.7 Å². The zero-order valence-electron chi connectivity index (χ0n) is 10.9. The van der Waals surface area contributed by atoms with E-state index < -0.39 is 0 Å². The first kappa shape index (κ1) is 12.2. The summed E-state index contributed by atoms with van der Waals surface area (Å²) in [6, 6.07) is 5.71. The SMILES string of the molecule is Cc1c(N)cccc1-c1nc(CC2CCOC2)no1. The fourth-order valence-electron chi connectivity index (χ4n) is 2.33. The molecule has 1 aromatic heterocycles. The number of hydrogen-bond acceptors (Lipinski definition) is 5. The molecule has 2 N–H and O–H groups in total. The van der Waals surface area contributed by atoms with Crippen LogP contribution in [0.5, 0.6) is 0 Å². The molecule has 3 rings (SSSR count). The van der Waals surface area contributed by atoms with Crippen molar-refractivity contribution < 1.29 is 9.26 Å². The maximum absolute atomic E-state index is 5.89. The number of aromatic nitrogens is 2. The van der Waals surface area contributed by atoms with E-state index in [9.17, 15) is 0 Å². The number of nitrogen functional groups attached to an aromatic ring is 1. The summed E-state index contributed by atoms with van der Waals surface area (Å²) in [6.45, 7) is 3.59. The van der Waals surface area contributed by atoms with Crippen molar-refractivity contribution in [3.63, 3.8) is 0 Å². The zero-order valence-corrected chi connectivity index (χ0v) is 10.9. The lowest BCUT2D eigenvalue weighted by Crippen LogP contribution is -2.04. The second kappa shape index (κ2) is 5.01. The van der Waals surface area contributed by atoms with E-state index in [1.54, 1.807) is 0 Å². The van der Waals surface area contributed by atoms with E-state index in [1.165, 1.54) is 0 Å².